The van der Waals surface area contributed by atoms with Gasteiger partial charge in [-0.2, -0.15) is 13.2 Å². The normalized spacial score (nSPS) is 11.8. The van der Waals surface area contributed by atoms with Crippen molar-refractivity contribution in [2.75, 3.05) is 0 Å². The highest BCUT2D eigenvalue weighted by molar-refractivity contribution is 5.83. The van der Waals surface area contributed by atoms with Crippen molar-refractivity contribution in [3.8, 4) is 11.3 Å². The van der Waals surface area contributed by atoms with E-state index in [-0.39, 0.29) is 16.5 Å². The van der Waals surface area contributed by atoms with Gasteiger partial charge in [-0.05, 0) is 18.6 Å². The molecule has 2 nitrogen and oxygen atoms in total. The molecule has 0 radical (unpaired) electrons. The van der Waals surface area contributed by atoms with Gasteiger partial charge < -0.3 is 4.42 Å². The lowest BCUT2D eigenvalue weighted by Crippen LogP contribution is -2.21. The van der Waals surface area contributed by atoms with Crippen LogP contribution in [-0.2, 0) is 6.18 Å². The molecule has 0 aliphatic heterocycles. The zero-order valence-electron chi connectivity index (χ0n) is 11.6. The monoisotopic (exact) mass is 304 g/mol. The number of rotatable bonds is 1. The molecule has 0 saturated carbocycles. The van der Waals surface area contributed by atoms with E-state index in [4.69, 9.17) is 4.42 Å². The molecular formula is C17H11F3O2. The fourth-order valence-corrected chi connectivity index (χ4v) is 2.46. The predicted molar refractivity (Wildman–Crippen MR) is 77.7 cm³/mol. The summed E-state index contributed by atoms with van der Waals surface area (Å²) in [5.41, 5.74) is -1.49. The van der Waals surface area contributed by atoms with Crippen molar-refractivity contribution in [1.29, 1.82) is 0 Å². The Balaban J connectivity index is 2.49. The molecule has 0 spiro atoms. The highest BCUT2D eigenvalue weighted by Gasteiger charge is 2.39. The second kappa shape index (κ2) is 5.02. The predicted octanol–water partition coefficient (Wildman–Crippen LogP) is 4.79. The first-order valence-electron chi connectivity index (χ1n) is 6.58. The molecule has 1 aromatic heterocycles. The minimum Gasteiger partial charge on any atom is -0.455 e. The fraction of sp³-hybridized carbons (Fsp3) is 0.118. The van der Waals surface area contributed by atoms with Gasteiger partial charge in [-0.15, -0.1) is 0 Å². The summed E-state index contributed by atoms with van der Waals surface area (Å²) in [7, 11) is 0. The van der Waals surface area contributed by atoms with E-state index in [1.165, 1.54) is 18.2 Å². The van der Waals surface area contributed by atoms with Crippen LogP contribution in [0.1, 0.15) is 11.1 Å². The lowest BCUT2D eigenvalue weighted by Gasteiger charge is -2.13. The van der Waals surface area contributed by atoms with E-state index in [1.807, 2.05) is 0 Å². The van der Waals surface area contributed by atoms with Gasteiger partial charge in [0.2, 0.25) is 5.43 Å². The van der Waals surface area contributed by atoms with Crippen LogP contribution in [0.2, 0.25) is 0 Å². The summed E-state index contributed by atoms with van der Waals surface area (Å²) in [6, 6.07) is 12.6. The molecule has 0 saturated heterocycles. The van der Waals surface area contributed by atoms with E-state index in [2.05, 4.69) is 0 Å². The van der Waals surface area contributed by atoms with Gasteiger partial charge in [-0.1, -0.05) is 42.5 Å². The van der Waals surface area contributed by atoms with Crippen LogP contribution in [0.3, 0.4) is 0 Å². The molecule has 0 atom stereocenters. The zero-order valence-corrected chi connectivity index (χ0v) is 11.6. The van der Waals surface area contributed by atoms with Crippen molar-refractivity contribution >= 4 is 11.0 Å². The van der Waals surface area contributed by atoms with Crippen molar-refractivity contribution < 1.29 is 17.6 Å². The Bertz CT molecular complexity index is 893. The molecule has 3 rings (SSSR count). The molecule has 0 fully saturated rings. The van der Waals surface area contributed by atoms with Crippen molar-refractivity contribution in [2.45, 2.75) is 13.1 Å². The third-order valence-electron chi connectivity index (χ3n) is 3.45. The summed E-state index contributed by atoms with van der Waals surface area (Å²) in [4.78, 5) is 12.4. The first-order valence-corrected chi connectivity index (χ1v) is 6.58. The molecule has 0 aliphatic rings. The van der Waals surface area contributed by atoms with E-state index in [0.29, 0.717) is 5.56 Å². The van der Waals surface area contributed by atoms with E-state index in [1.54, 1.807) is 37.3 Å². The van der Waals surface area contributed by atoms with Gasteiger partial charge >= 0.3 is 6.18 Å². The summed E-state index contributed by atoms with van der Waals surface area (Å²) >= 11 is 0. The molecule has 0 aliphatic carbocycles. The molecule has 112 valence electrons. The van der Waals surface area contributed by atoms with E-state index >= 15 is 0 Å². The lowest BCUT2D eigenvalue weighted by molar-refractivity contribution is -0.138. The van der Waals surface area contributed by atoms with Gasteiger partial charge in [0.05, 0.1) is 5.39 Å². The van der Waals surface area contributed by atoms with E-state index in [9.17, 15) is 18.0 Å². The molecule has 3 aromatic rings. The standard InChI is InChI=1S/C17H11F3O2/c1-10-6-5-9-12-13(10)15(21)14(17(18,19)20)16(22-12)11-7-3-2-4-8-11/h2-9H,1H3. The van der Waals surface area contributed by atoms with Crippen LogP contribution >= 0.6 is 0 Å². The van der Waals surface area contributed by atoms with Crippen LogP contribution in [0.25, 0.3) is 22.3 Å². The fourth-order valence-electron chi connectivity index (χ4n) is 2.46. The Morgan fingerprint density at radius 2 is 1.64 bits per heavy atom. The molecule has 0 bridgehead atoms. The molecule has 0 amide bonds. The number of alkyl halides is 3. The SMILES string of the molecule is Cc1cccc2oc(-c3ccccc3)c(C(F)(F)F)c(=O)c12. The minimum atomic E-state index is -4.79. The van der Waals surface area contributed by atoms with Gasteiger partial charge in [0.25, 0.3) is 0 Å². The maximum Gasteiger partial charge on any atom is 0.423 e. The van der Waals surface area contributed by atoms with Gasteiger partial charge in [0.15, 0.2) is 5.76 Å². The molecular weight excluding hydrogens is 293 g/mol. The molecule has 0 unspecified atom stereocenters. The molecule has 5 heteroatoms. The van der Waals surface area contributed by atoms with Crippen molar-refractivity contribution in [3.63, 3.8) is 0 Å². The lowest BCUT2D eigenvalue weighted by atomic mass is 10.0. The smallest absolute Gasteiger partial charge is 0.423 e. The quantitative estimate of drug-likeness (QED) is 0.647. The van der Waals surface area contributed by atoms with E-state index in [0.717, 1.165) is 0 Å². The number of benzene rings is 2. The van der Waals surface area contributed by atoms with E-state index < -0.39 is 22.9 Å². The van der Waals surface area contributed by atoms with Gasteiger partial charge in [0.1, 0.15) is 11.1 Å². The molecule has 22 heavy (non-hydrogen) atoms. The Morgan fingerprint density at radius 1 is 0.955 bits per heavy atom. The maximum absolute atomic E-state index is 13.4. The minimum absolute atomic E-state index is 0.0329. The highest BCUT2D eigenvalue weighted by atomic mass is 19.4. The maximum atomic E-state index is 13.4. The number of aryl methyl sites for hydroxylation is 1. The average molecular weight is 304 g/mol. The van der Waals surface area contributed by atoms with Crippen LogP contribution in [0.15, 0.2) is 57.7 Å². The van der Waals surface area contributed by atoms with Crippen LogP contribution in [0.4, 0.5) is 13.2 Å². The number of halogens is 3. The topological polar surface area (TPSA) is 30.2 Å². The summed E-state index contributed by atoms with van der Waals surface area (Å²) < 4.78 is 45.6. The zero-order chi connectivity index (χ0) is 15.9. The van der Waals surface area contributed by atoms with Crippen LogP contribution < -0.4 is 5.43 Å². The Kier molecular flexibility index (Phi) is 3.28. The van der Waals surface area contributed by atoms with Crippen LogP contribution in [0.5, 0.6) is 0 Å². The summed E-state index contributed by atoms with van der Waals surface area (Å²) in [6.45, 7) is 1.58. The summed E-state index contributed by atoms with van der Waals surface area (Å²) in [5.74, 6) is -0.448. The summed E-state index contributed by atoms with van der Waals surface area (Å²) in [5, 5.41) is -0.0329. The van der Waals surface area contributed by atoms with Crippen LogP contribution in [-0.4, -0.2) is 0 Å². The van der Waals surface area contributed by atoms with Crippen molar-refractivity contribution in [2.24, 2.45) is 0 Å². The van der Waals surface area contributed by atoms with Gasteiger partial charge in [-0.25, -0.2) is 0 Å². The van der Waals surface area contributed by atoms with Crippen molar-refractivity contribution in [3.05, 3.63) is 69.9 Å². The molecule has 1 heterocycles. The Hall–Kier alpha value is -2.56. The second-order valence-corrected chi connectivity index (χ2v) is 4.95. The third kappa shape index (κ3) is 2.28. The number of fused-ring (bicyclic) bond motifs is 1. The van der Waals surface area contributed by atoms with Gasteiger partial charge in [-0.3, -0.25) is 4.79 Å². The summed E-state index contributed by atoms with van der Waals surface area (Å²) in [6.07, 6.45) is -4.79. The number of hydrogen-bond donors (Lipinski definition) is 0. The first-order chi connectivity index (χ1) is 10.4. The van der Waals surface area contributed by atoms with Crippen molar-refractivity contribution in [1.82, 2.24) is 0 Å². The largest absolute Gasteiger partial charge is 0.455 e. The average Bonchev–Trinajstić information content (AvgIpc) is 2.46. The Labute approximate surface area is 123 Å². The Morgan fingerprint density at radius 3 is 2.27 bits per heavy atom. The second-order valence-electron chi connectivity index (χ2n) is 4.95. The molecule has 2 aromatic carbocycles. The van der Waals surface area contributed by atoms with Crippen LogP contribution in [0, 0.1) is 6.92 Å². The first kappa shape index (κ1) is 14.4. The van der Waals surface area contributed by atoms with Gasteiger partial charge in [0, 0.05) is 5.56 Å². The number of hydrogen-bond acceptors (Lipinski definition) is 2. The molecule has 0 N–H and O–H groups in total. The highest BCUT2D eigenvalue weighted by Crippen LogP contribution is 2.37. The third-order valence-corrected chi connectivity index (χ3v) is 3.45.